The summed E-state index contributed by atoms with van der Waals surface area (Å²) in [5, 5.41) is 0. The molecule has 3 aliphatic heterocycles. The van der Waals surface area contributed by atoms with Gasteiger partial charge in [0.2, 0.25) is 0 Å². The first-order valence-corrected chi connectivity index (χ1v) is 42.0. The Kier molecular flexibility index (Phi) is 9.81. The summed E-state index contributed by atoms with van der Waals surface area (Å²) in [5.74, 6) is 3.86. The lowest BCUT2D eigenvalue weighted by molar-refractivity contribution is 0.683. The third-order valence-corrected chi connectivity index (χ3v) is 259. The first-order valence-electron chi connectivity index (χ1n) is 15.8. The molecule has 35 heavy (non-hydrogen) atoms. The van der Waals surface area contributed by atoms with E-state index < -0.39 is 48.8 Å². The van der Waals surface area contributed by atoms with Crippen LogP contribution in [0.1, 0.15) is 82.1 Å². The highest BCUT2D eigenvalue weighted by Crippen LogP contribution is 2.82. The zero-order valence-corrected chi connectivity index (χ0v) is 34.5. The number of rotatable bonds is 14. The zero-order chi connectivity index (χ0) is 27.5. The second-order valence-corrected chi connectivity index (χ2v) is 105. The van der Waals surface area contributed by atoms with E-state index in [2.05, 4.69) is 109 Å². The SMILES string of the molecule is CCC[Si]1(CCC)[Si]2([Si](C)(C)C)[Si](CC(C)C)(CC(C)C)[Si]1([Si](C)(C)C)[Si]2(CC(C)C)CC(C)C. The van der Waals surface area contributed by atoms with Crippen LogP contribution in [-0.4, -0.2) is 48.8 Å². The van der Waals surface area contributed by atoms with E-state index in [4.69, 9.17) is 0 Å². The third-order valence-electron chi connectivity index (χ3n) is 10.9. The number of hydrogen-bond donors (Lipinski definition) is 0. The van der Waals surface area contributed by atoms with Crippen LogP contribution in [0.15, 0.2) is 0 Å². The molecule has 0 aromatic heterocycles. The van der Waals surface area contributed by atoms with Crippen LogP contribution in [0.2, 0.25) is 75.5 Å². The van der Waals surface area contributed by atoms with Crippen molar-refractivity contribution in [3.05, 3.63) is 0 Å². The molecule has 208 valence electrons. The minimum atomic E-state index is -1.22. The highest BCUT2D eigenvalue weighted by atomic mass is 30.8. The summed E-state index contributed by atoms with van der Waals surface area (Å²) in [7, 11) is -5.99. The molecule has 0 atom stereocenters. The largest absolute Gasteiger partial charge is 0.0721 e. The lowest BCUT2D eigenvalue weighted by atomic mass is 10.3. The predicted octanol–water partition coefficient (Wildman–Crippen LogP) is 10.0. The molecule has 0 aliphatic carbocycles. The molecule has 0 nitrogen and oxygen atoms in total. The smallest absolute Gasteiger partial charge is 0.0306 e. The molecular weight excluding hydrogens is 533 g/mol. The summed E-state index contributed by atoms with van der Waals surface area (Å²) >= 11 is 0. The van der Waals surface area contributed by atoms with Gasteiger partial charge in [0.25, 0.3) is 0 Å². The molecule has 0 N–H and O–H groups in total. The van der Waals surface area contributed by atoms with Crippen LogP contribution in [0.25, 0.3) is 0 Å². The van der Waals surface area contributed by atoms with E-state index in [1.807, 2.05) is 36.3 Å². The van der Waals surface area contributed by atoms with Crippen LogP contribution in [0.3, 0.4) is 0 Å². The average Bonchev–Trinajstić information content (AvgIpc) is 2.56. The molecule has 0 saturated carbocycles. The van der Waals surface area contributed by atoms with E-state index in [1.165, 1.54) is 0 Å². The van der Waals surface area contributed by atoms with Gasteiger partial charge in [0.15, 0.2) is 0 Å². The van der Waals surface area contributed by atoms with Gasteiger partial charge in [-0.15, -0.1) is 0 Å². The Morgan fingerprint density at radius 2 is 0.657 bits per heavy atom. The van der Waals surface area contributed by atoms with Crippen molar-refractivity contribution in [3.63, 3.8) is 0 Å². The summed E-state index contributed by atoms with van der Waals surface area (Å²) in [6.45, 7) is 44.8. The third kappa shape index (κ3) is 3.87. The molecule has 3 saturated heterocycles. The molecule has 0 aromatic carbocycles. The Hall–Kier alpha value is 1.52. The minimum Gasteiger partial charge on any atom is -0.0721 e. The molecule has 0 aromatic rings. The minimum absolute atomic E-state index is 0.965. The Bertz CT molecular complexity index is 633. The Morgan fingerprint density at radius 3 is 0.800 bits per heavy atom. The highest BCUT2D eigenvalue weighted by Gasteiger charge is 3.09. The first-order chi connectivity index (χ1) is 15.8. The van der Waals surface area contributed by atoms with Crippen molar-refractivity contribution >= 4 is 48.8 Å². The highest BCUT2D eigenvalue weighted by molar-refractivity contribution is 8.60. The molecule has 0 radical (unpaired) electrons. The molecule has 3 heterocycles. The Balaban J connectivity index is 3.22. The van der Waals surface area contributed by atoms with Gasteiger partial charge in [-0.1, -0.05) is 158 Å². The van der Waals surface area contributed by atoms with Crippen LogP contribution >= 0.6 is 0 Å². The maximum absolute atomic E-state index is 3.03. The van der Waals surface area contributed by atoms with Crippen LogP contribution in [-0.2, 0) is 0 Å². The lowest BCUT2D eigenvalue weighted by Gasteiger charge is -3.05. The second kappa shape index (κ2) is 10.5. The monoisotopic (exact) mass is 600 g/mol. The normalized spacial score (nSPS) is 29.1. The summed E-state index contributed by atoms with van der Waals surface area (Å²) in [4.78, 5) is 0. The fraction of sp³-hybridized carbons (Fsp3) is 1.00. The van der Waals surface area contributed by atoms with Crippen molar-refractivity contribution in [2.75, 3.05) is 0 Å². The topological polar surface area (TPSA) is 0 Å². The summed E-state index contributed by atoms with van der Waals surface area (Å²) in [6.07, 6.45) is 0.662. The number of hydrogen-bond acceptors (Lipinski definition) is 0. The molecule has 3 fully saturated rings. The molecule has 7 heteroatoms. The van der Waals surface area contributed by atoms with Crippen molar-refractivity contribution in [3.8, 4) is 0 Å². The second-order valence-electron chi connectivity index (χ2n) is 17.1. The quantitative estimate of drug-likeness (QED) is 0.174. The van der Waals surface area contributed by atoms with Gasteiger partial charge in [-0.2, -0.15) is 0 Å². The Labute approximate surface area is 229 Å². The van der Waals surface area contributed by atoms with Gasteiger partial charge in [-0.3, -0.25) is 0 Å². The van der Waals surface area contributed by atoms with Crippen molar-refractivity contribution in [1.82, 2.24) is 0 Å². The van der Waals surface area contributed by atoms with E-state index in [-0.39, 0.29) is 0 Å². The molecule has 3 aliphatic rings. The van der Waals surface area contributed by atoms with E-state index in [0.29, 0.717) is 0 Å². The summed E-state index contributed by atoms with van der Waals surface area (Å²) in [6, 6.07) is 10.9. The molecule has 2 bridgehead atoms. The first kappa shape index (κ1) is 32.7. The fourth-order valence-electron chi connectivity index (χ4n) is 13.6. The van der Waals surface area contributed by atoms with Gasteiger partial charge in [0.1, 0.15) is 0 Å². The van der Waals surface area contributed by atoms with E-state index in [1.54, 1.807) is 12.8 Å². The van der Waals surface area contributed by atoms with Gasteiger partial charge in [-0.05, 0) is 23.7 Å². The maximum Gasteiger partial charge on any atom is 0.0306 e. The predicted molar refractivity (Wildman–Crippen MR) is 184 cm³/mol. The van der Waals surface area contributed by atoms with Gasteiger partial charge >= 0.3 is 0 Å². The van der Waals surface area contributed by atoms with Gasteiger partial charge in [-0.25, -0.2) is 0 Å². The molecular formula is C28H68Si7. The lowest BCUT2D eigenvalue weighted by Crippen LogP contribution is -3.37. The zero-order valence-electron chi connectivity index (χ0n) is 27.5. The Morgan fingerprint density at radius 1 is 0.429 bits per heavy atom. The van der Waals surface area contributed by atoms with Crippen molar-refractivity contribution in [2.24, 2.45) is 23.7 Å². The van der Waals surface area contributed by atoms with E-state index >= 15 is 0 Å². The van der Waals surface area contributed by atoms with Gasteiger partial charge in [0.05, 0.1) is 0 Å². The van der Waals surface area contributed by atoms with E-state index in [0.717, 1.165) is 23.7 Å². The molecule has 3 rings (SSSR count). The van der Waals surface area contributed by atoms with Crippen LogP contribution in [0, 0.1) is 23.7 Å². The standard InChI is InChI=1S/C28H68Si7/c1-17-19-31(20-18-2)34(29(11,12)13)32(21-25(3)4,22-26(5)6)35(31,30(14,15)16)33(34,23-27(7)8)24-28(9)10/h25-28H,17-24H2,1-16H3. The van der Waals surface area contributed by atoms with Gasteiger partial charge < -0.3 is 0 Å². The van der Waals surface area contributed by atoms with Crippen molar-refractivity contribution in [1.29, 1.82) is 0 Å². The summed E-state index contributed by atoms with van der Waals surface area (Å²) < 4.78 is 0. The fourth-order valence-corrected chi connectivity index (χ4v) is 556. The van der Waals surface area contributed by atoms with Gasteiger partial charge in [0, 0.05) is 48.8 Å². The average molecular weight is 601 g/mol. The molecule has 0 unspecified atom stereocenters. The van der Waals surface area contributed by atoms with Crippen molar-refractivity contribution < 1.29 is 0 Å². The van der Waals surface area contributed by atoms with Crippen LogP contribution in [0.5, 0.6) is 0 Å². The van der Waals surface area contributed by atoms with E-state index in [9.17, 15) is 0 Å². The van der Waals surface area contributed by atoms with Crippen LogP contribution < -0.4 is 0 Å². The van der Waals surface area contributed by atoms with Crippen molar-refractivity contribution in [2.45, 2.75) is 158 Å². The molecule has 0 amide bonds. The van der Waals surface area contributed by atoms with Crippen LogP contribution in [0.4, 0.5) is 0 Å². The maximum atomic E-state index is 3.03. The molecule has 0 spiro atoms. The summed E-state index contributed by atoms with van der Waals surface area (Å²) in [5.41, 5.74) is 0.